The third-order valence-electron chi connectivity index (χ3n) is 1.43. The topological polar surface area (TPSA) is 45.8 Å². The predicted octanol–water partition coefficient (Wildman–Crippen LogP) is 1.06. The summed E-state index contributed by atoms with van der Waals surface area (Å²) >= 11 is 0. The smallest absolute Gasteiger partial charge is 0.0881 e. The average molecular weight is 166 g/mol. The lowest BCUT2D eigenvalue weighted by Crippen LogP contribution is -1.84. The van der Waals surface area contributed by atoms with Crippen LogP contribution in [0.5, 0.6) is 0 Å². The average Bonchev–Trinajstić information content (AvgIpc) is 2.40. The molecule has 0 fully saturated rings. The van der Waals surface area contributed by atoms with Gasteiger partial charge in [0.2, 0.25) is 0 Å². The first-order valence-corrected chi connectivity index (χ1v) is 4.38. The Bertz CT molecular complexity index is 351. The highest BCUT2D eigenvalue weighted by atomic mass is 32.2. The molecule has 1 N–H and O–H groups in total. The van der Waals surface area contributed by atoms with Crippen molar-refractivity contribution in [2.45, 2.75) is 4.90 Å². The van der Waals surface area contributed by atoms with Crippen molar-refractivity contribution in [3.63, 3.8) is 0 Å². The van der Waals surface area contributed by atoms with E-state index in [0.717, 1.165) is 10.6 Å². The minimum absolute atomic E-state index is 0.745. The molecule has 0 spiro atoms. The zero-order chi connectivity index (χ0) is 7.68. The number of allylic oxidation sites excluding steroid dienone is 2. The Morgan fingerprint density at radius 1 is 1.45 bits per heavy atom. The lowest BCUT2D eigenvalue weighted by Gasteiger charge is -1.88. The second-order valence-electron chi connectivity index (χ2n) is 2.13. The van der Waals surface area contributed by atoms with E-state index in [1.165, 1.54) is 0 Å². The molecule has 2 heterocycles. The molecule has 0 saturated carbocycles. The summed E-state index contributed by atoms with van der Waals surface area (Å²) in [4.78, 5) is 0.745. The summed E-state index contributed by atoms with van der Waals surface area (Å²) < 4.78 is 11.3. The molecule has 0 aliphatic carbocycles. The van der Waals surface area contributed by atoms with E-state index in [-0.39, 0.29) is 0 Å². The maximum absolute atomic E-state index is 11.3. The number of aromatic nitrogens is 2. The maximum Gasteiger partial charge on any atom is 0.0881 e. The third kappa shape index (κ3) is 1.05. The van der Waals surface area contributed by atoms with Gasteiger partial charge in [0.25, 0.3) is 0 Å². The van der Waals surface area contributed by atoms with E-state index in [4.69, 9.17) is 0 Å². The van der Waals surface area contributed by atoms with Gasteiger partial charge in [-0.2, -0.15) is 5.10 Å². The number of rotatable bonds is 0. The number of fused-ring (bicyclic) bond motifs is 1. The number of hydrogen-bond donors (Lipinski definition) is 1. The fraction of sp³-hybridized carbons (Fsp3) is 0. The van der Waals surface area contributed by atoms with E-state index in [2.05, 4.69) is 10.2 Å². The van der Waals surface area contributed by atoms with Crippen LogP contribution in [0.2, 0.25) is 0 Å². The van der Waals surface area contributed by atoms with E-state index in [0.29, 0.717) is 0 Å². The predicted molar refractivity (Wildman–Crippen MR) is 43.2 cm³/mol. The highest BCUT2D eigenvalue weighted by Crippen LogP contribution is 2.15. The minimum atomic E-state index is -1.04. The Balaban J connectivity index is 2.62. The van der Waals surface area contributed by atoms with Crippen LogP contribution in [0.3, 0.4) is 0 Å². The largest absolute Gasteiger partial charge is 0.277 e. The first-order valence-electron chi connectivity index (χ1n) is 3.17. The highest BCUT2D eigenvalue weighted by molar-refractivity contribution is 7.88. The zero-order valence-corrected chi connectivity index (χ0v) is 6.47. The summed E-state index contributed by atoms with van der Waals surface area (Å²) in [6.07, 6.45) is 7.04. The summed E-state index contributed by atoms with van der Waals surface area (Å²) in [6, 6.07) is 0. The van der Waals surface area contributed by atoms with Gasteiger partial charge in [0.1, 0.15) is 0 Å². The Morgan fingerprint density at radius 3 is 3.27 bits per heavy atom. The second kappa shape index (κ2) is 2.47. The van der Waals surface area contributed by atoms with Crippen LogP contribution in [0.1, 0.15) is 5.69 Å². The number of nitrogens with zero attached hydrogens (tertiary/aromatic N) is 1. The highest BCUT2D eigenvalue weighted by Gasteiger charge is 2.08. The number of H-pyrrole nitrogens is 1. The molecule has 1 atom stereocenters. The second-order valence-corrected chi connectivity index (χ2v) is 3.44. The summed E-state index contributed by atoms with van der Waals surface area (Å²) in [5.41, 5.74) is 0.827. The molecule has 2 rings (SSSR count). The first kappa shape index (κ1) is 6.54. The van der Waals surface area contributed by atoms with Crippen molar-refractivity contribution in [2.75, 3.05) is 0 Å². The van der Waals surface area contributed by atoms with Gasteiger partial charge in [-0.15, -0.1) is 0 Å². The Kier molecular flexibility index (Phi) is 1.47. The van der Waals surface area contributed by atoms with Gasteiger partial charge >= 0.3 is 0 Å². The number of aromatic amines is 1. The molecule has 0 bridgehead atoms. The molecule has 1 aliphatic rings. The summed E-state index contributed by atoms with van der Waals surface area (Å²) in [5.74, 6) is 0. The van der Waals surface area contributed by atoms with Gasteiger partial charge in [-0.1, -0.05) is 12.2 Å². The van der Waals surface area contributed by atoms with Crippen molar-refractivity contribution >= 4 is 16.9 Å². The Hall–Kier alpha value is -1.16. The third-order valence-corrected chi connectivity index (χ3v) is 2.59. The molecule has 1 aromatic heterocycles. The monoisotopic (exact) mass is 166 g/mol. The molecule has 11 heavy (non-hydrogen) atoms. The van der Waals surface area contributed by atoms with E-state index in [1.807, 2.05) is 12.2 Å². The molecule has 0 saturated heterocycles. The van der Waals surface area contributed by atoms with Gasteiger partial charge < -0.3 is 0 Å². The van der Waals surface area contributed by atoms with Crippen LogP contribution in [0.15, 0.2) is 28.7 Å². The van der Waals surface area contributed by atoms with Gasteiger partial charge in [0.15, 0.2) is 0 Å². The fourth-order valence-electron chi connectivity index (χ4n) is 0.907. The first-order chi connectivity index (χ1) is 5.38. The van der Waals surface area contributed by atoms with Crippen LogP contribution in [-0.2, 0) is 10.8 Å². The molecule has 3 nitrogen and oxygen atoms in total. The molecule has 0 radical (unpaired) electrons. The lowest BCUT2D eigenvalue weighted by molar-refractivity contribution is 0.688. The van der Waals surface area contributed by atoms with E-state index in [1.54, 1.807) is 17.7 Å². The standard InChI is InChI=1S/C7H6N2OS/c10-11-4-2-1-3-6-7(11)5-8-9-6/h1-5H,(H,8,9). The van der Waals surface area contributed by atoms with Gasteiger partial charge in [-0.05, 0) is 6.08 Å². The molecule has 1 unspecified atom stereocenters. The van der Waals surface area contributed by atoms with Crippen LogP contribution in [0.4, 0.5) is 0 Å². The molecule has 56 valence electrons. The van der Waals surface area contributed by atoms with Gasteiger partial charge in [0, 0.05) is 5.41 Å². The van der Waals surface area contributed by atoms with Gasteiger partial charge in [-0.25, -0.2) is 4.21 Å². The van der Waals surface area contributed by atoms with Gasteiger partial charge in [-0.3, -0.25) is 5.10 Å². The SMILES string of the molecule is O=S1C=CC=Cc2[nH]ncc21. The van der Waals surface area contributed by atoms with E-state index >= 15 is 0 Å². The van der Waals surface area contributed by atoms with Crippen LogP contribution in [-0.4, -0.2) is 14.4 Å². The quantitative estimate of drug-likeness (QED) is 0.626. The van der Waals surface area contributed by atoms with Crippen LogP contribution < -0.4 is 0 Å². The fourth-order valence-corrected chi connectivity index (χ4v) is 1.77. The lowest BCUT2D eigenvalue weighted by atomic mass is 10.4. The van der Waals surface area contributed by atoms with Crippen LogP contribution >= 0.6 is 0 Å². The molecule has 4 heteroatoms. The van der Waals surface area contributed by atoms with Crippen molar-refractivity contribution < 1.29 is 4.21 Å². The molecule has 1 aromatic rings. The Morgan fingerprint density at radius 2 is 2.36 bits per heavy atom. The molecular weight excluding hydrogens is 160 g/mol. The summed E-state index contributed by atoms with van der Waals surface area (Å²) in [7, 11) is -1.04. The van der Waals surface area contributed by atoms with Crippen LogP contribution in [0, 0.1) is 0 Å². The van der Waals surface area contributed by atoms with Gasteiger partial charge in [0.05, 0.1) is 27.6 Å². The minimum Gasteiger partial charge on any atom is -0.277 e. The molecule has 0 aromatic carbocycles. The maximum atomic E-state index is 11.3. The van der Waals surface area contributed by atoms with Crippen molar-refractivity contribution in [3.8, 4) is 0 Å². The zero-order valence-electron chi connectivity index (χ0n) is 5.65. The van der Waals surface area contributed by atoms with Crippen molar-refractivity contribution in [2.24, 2.45) is 0 Å². The summed E-state index contributed by atoms with van der Waals surface area (Å²) in [5, 5.41) is 8.19. The number of nitrogens with one attached hydrogen (secondary N) is 1. The van der Waals surface area contributed by atoms with E-state index < -0.39 is 10.8 Å². The van der Waals surface area contributed by atoms with Crippen molar-refractivity contribution in [3.05, 3.63) is 29.5 Å². The Labute approximate surface area is 66.3 Å². The number of hydrogen-bond acceptors (Lipinski definition) is 2. The normalized spacial score (nSPS) is 21.3. The molecular formula is C7H6N2OS. The van der Waals surface area contributed by atoms with Crippen molar-refractivity contribution in [1.29, 1.82) is 0 Å². The molecule has 0 amide bonds. The van der Waals surface area contributed by atoms with Crippen molar-refractivity contribution in [1.82, 2.24) is 10.2 Å². The summed E-state index contributed by atoms with van der Waals surface area (Å²) in [6.45, 7) is 0. The molecule has 1 aliphatic heterocycles. The van der Waals surface area contributed by atoms with Crippen LogP contribution in [0.25, 0.3) is 6.08 Å². The van der Waals surface area contributed by atoms with E-state index in [9.17, 15) is 4.21 Å².